The molecule has 4 radical (unpaired) electrons. The number of Topliss-reactive ketones (excluding diaryl/α,β-unsaturated/α-hetero) is 1. The van der Waals surface area contributed by atoms with Gasteiger partial charge in [0.25, 0.3) is 0 Å². The molecule has 0 atom stereocenters. The van der Waals surface area contributed by atoms with Crippen LogP contribution in [0, 0.1) is 0 Å². The molecule has 0 bridgehead atoms. The van der Waals surface area contributed by atoms with Crippen LogP contribution in [-0.2, 0) is 4.79 Å². The number of ether oxygens (including phenoxy) is 1. The SMILES string of the molecule is CC(=O)COc1cc[c]([Al])c[c]1[Al]. The first-order valence-corrected chi connectivity index (χ1v) is 5.02. The highest BCUT2D eigenvalue weighted by atomic mass is 27.1. The molecular formula is C9H8Al2O2. The van der Waals surface area contributed by atoms with Crippen LogP contribution in [0.3, 0.4) is 0 Å². The molecule has 0 fully saturated rings. The summed E-state index contributed by atoms with van der Waals surface area (Å²) in [5, 5.41) is 0. The van der Waals surface area contributed by atoms with Crippen LogP contribution in [0.25, 0.3) is 0 Å². The summed E-state index contributed by atoms with van der Waals surface area (Å²) in [6.45, 7) is 1.64. The minimum Gasteiger partial charge on any atom is -0.487 e. The number of benzene rings is 1. The lowest BCUT2D eigenvalue weighted by atomic mass is 10.3. The fourth-order valence-corrected chi connectivity index (χ4v) is 1.72. The molecule has 13 heavy (non-hydrogen) atoms. The Labute approximate surface area is 94.1 Å². The van der Waals surface area contributed by atoms with Gasteiger partial charge in [-0.2, -0.15) is 0 Å². The summed E-state index contributed by atoms with van der Waals surface area (Å²) >= 11 is 5.18. The van der Waals surface area contributed by atoms with E-state index >= 15 is 0 Å². The molecule has 0 amide bonds. The molecule has 1 aromatic carbocycles. The third-order valence-electron chi connectivity index (χ3n) is 1.46. The lowest BCUT2D eigenvalue weighted by molar-refractivity contribution is -0.118. The van der Waals surface area contributed by atoms with E-state index in [2.05, 4.69) is 32.6 Å². The molecule has 62 valence electrons. The van der Waals surface area contributed by atoms with Crippen molar-refractivity contribution in [2.24, 2.45) is 0 Å². The molecule has 0 aliphatic carbocycles. The van der Waals surface area contributed by atoms with Crippen LogP contribution < -0.4 is 13.6 Å². The van der Waals surface area contributed by atoms with Crippen LogP contribution in [0.1, 0.15) is 6.92 Å². The van der Waals surface area contributed by atoms with E-state index < -0.39 is 0 Å². The maximum atomic E-state index is 10.7. The van der Waals surface area contributed by atoms with Crippen molar-refractivity contribution >= 4 is 47.2 Å². The van der Waals surface area contributed by atoms with E-state index in [1.165, 1.54) is 6.92 Å². The highest BCUT2D eigenvalue weighted by Crippen LogP contribution is 2.02. The first-order chi connectivity index (χ1) is 6.09. The minimum atomic E-state index is 0.0272. The van der Waals surface area contributed by atoms with Gasteiger partial charge in [-0.05, 0) is 13.0 Å². The summed E-state index contributed by atoms with van der Waals surface area (Å²) in [5.41, 5.74) is 0. The third kappa shape index (κ3) is 3.55. The Balaban J connectivity index is 2.72. The molecule has 1 aromatic rings. The van der Waals surface area contributed by atoms with Crippen LogP contribution in [0.2, 0.25) is 0 Å². The standard InChI is InChI=1S/C9H8O2.2Al/c1-8(10)7-11-9-5-3-2-4-6-9;;/h3-5H,7H2,1H3;;. The van der Waals surface area contributed by atoms with E-state index in [4.69, 9.17) is 4.74 Å². The number of carbonyl (C=O) groups excluding carboxylic acids is 1. The second-order valence-corrected chi connectivity index (χ2v) is 4.08. The van der Waals surface area contributed by atoms with Gasteiger partial charge in [0.2, 0.25) is 0 Å². The van der Waals surface area contributed by atoms with Gasteiger partial charge in [0.05, 0.1) is 0 Å². The number of hydrogen-bond acceptors (Lipinski definition) is 2. The van der Waals surface area contributed by atoms with Crippen molar-refractivity contribution in [3.63, 3.8) is 0 Å². The Morgan fingerprint density at radius 1 is 1.46 bits per heavy atom. The Morgan fingerprint density at radius 2 is 2.15 bits per heavy atom. The van der Waals surface area contributed by atoms with Crippen molar-refractivity contribution in [3.8, 4) is 5.75 Å². The van der Waals surface area contributed by atoms with Crippen molar-refractivity contribution in [2.75, 3.05) is 6.61 Å². The van der Waals surface area contributed by atoms with Crippen LogP contribution in [0.15, 0.2) is 18.2 Å². The zero-order valence-electron chi connectivity index (χ0n) is 7.41. The molecule has 0 saturated carbocycles. The molecule has 1 rings (SSSR count). The van der Waals surface area contributed by atoms with Crippen molar-refractivity contribution < 1.29 is 9.53 Å². The number of carbonyl (C=O) groups is 1. The van der Waals surface area contributed by atoms with Crippen LogP contribution >= 0.6 is 0 Å². The lowest BCUT2D eigenvalue weighted by Gasteiger charge is -2.09. The fourth-order valence-electron chi connectivity index (χ4n) is 0.878. The molecule has 0 saturated heterocycles. The Hall–Kier alpha value is -0.245. The minimum absolute atomic E-state index is 0.0272. The quantitative estimate of drug-likeness (QED) is 0.602. The highest BCUT2D eigenvalue weighted by Gasteiger charge is 1.99. The maximum absolute atomic E-state index is 10.7. The van der Waals surface area contributed by atoms with Crippen molar-refractivity contribution in [3.05, 3.63) is 18.2 Å². The Kier molecular flexibility index (Phi) is 4.04. The van der Waals surface area contributed by atoms with Gasteiger partial charge < -0.3 is 4.74 Å². The average Bonchev–Trinajstić information content (AvgIpc) is 2.02. The van der Waals surface area contributed by atoms with Crippen molar-refractivity contribution in [1.29, 1.82) is 0 Å². The topological polar surface area (TPSA) is 26.3 Å². The first-order valence-electron chi connectivity index (χ1n) is 3.87. The zero-order chi connectivity index (χ0) is 9.84. The molecule has 4 heteroatoms. The smallest absolute Gasteiger partial charge is 0.181 e. The van der Waals surface area contributed by atoms with Gasteiger partial charge >= 0.3 is 0 Å². The summed E-state index contributed by atoms with van der Waals surface area (Å²) in [6, 6.07) is 5.74. The van der Waals surface area contributed by atoms with E-state index in [1.54, 1.807) is 0 Å². The molecule has 0 spiro atoms. The highest BCUT2D eigenvalue weighted by molar-refractivity contribution is 6.39. The number of hydrogen-bond donors (Lipinski definition) is 0. The number of ketones is 1. The summed E-state index contributed by atoms with van der Waals surface area (Å²) in [7, 11) is 0. The van der Waals surface area contributed by atoms with Gasteiger partial charge in [0, 0.05) is 0 Å². The van der Waals surface area contributed by atoms with Gasteiger partial charge in [-0.25, -0.2) is 0 Å². The normalized spacial score (nSPS) is 9.62. The molecule has 0 aliphatic heterocycles. The molecule has 0 unspecified atom stereocenters. The van der Waals surface area contributed by atoms with Gasteiger partial charge in [0.15, 0.2) is 38.4 Å². The van der Waals surface area contributed by atoms with E-state index in [0.29, 0.717) is 0 Å². The maximum Gasteiger partial charge on any atom is 0.181 e. The first kappa shape index (κ1) is 10.8. The van der Waals surface area contributed by atoms with E-state index in [9.17, 15) is 4.79 Å². The monoisotopic (exact) mass is 202 g/mol. The molecule has 2 nitrogen and oxygen atoms in total. The molecular weight excluding hydrogens is 194 g/mol. The van der Waals surface area contributed by atoms with Gasteiger partial charge in [-0.15, -0.1) is 4.43 Å². The summed E-state index contributed by atoms with van der Waals surface area (Å²) in [4.78, 5) is 10.7. The van der Waals surface area contributed by atoms with E-state index in [0.717, 1.165) is 14.6 Å². The second kappa shape index (κ2) is 4.84. The lowest BCUT2D eigenvalue weighted by Crippen LogP contribution is -2.18. The van der Waals surface area contributed by atoms with Crippen LogP contribution in [0.4, 0.5) is 0 Å². The molecule has 0 aliphatic rings. The Bertz CT molecular complexity index is 323. The van der Waals surface area contributed by atoms with Gasteiger partial charge in [-0.1, -0.05) is 16.6 Å². The van der Waals surface area contributed by atoms with Crippen molar-refractivity contribution in [1.82, 2.24) is 0 Å². The van der Waals surface area contributed by atoms with Gasteiger partial charge in [-0.3, -0.25) is 4.79 Å². The average molecular weight is 202 g/mol. The number of rotatable bonds is 3. The van der Waals surface area contributed by atoms with Crippen molar-refractivity contribution in [2.45, 2.75) is 6.92 Å². The summed E-state index contributed by atoms with van der Waals surface area (Å²) < 4.78 is 7.34. The fraction of sp³-hybridized carbons (Fsp3) is 0.222. The van der Waals surface area contributed by atoms with E-state index in [-0.39, 0.29) is 12.4 Å². The Morgan fingerprint density at radius 3 is 2.69 bits per heavy atom. The predicted molar refractivity (Wildman–Crippen MR) is 53.4 cm³/mol. The van der Waals surface area contributed by atoms with Crippen LogP contribution in [-0.4, -0.2) is 45.0 Å². The second-order valence-electron chi connectivity index (χ2n) is 2.79. The largest absolute Gasteiger partial charge is 0.487 e. The summed E-state index contributed by atoms with van der Waals surface area (Å²) in [5.74, 6) is 0.769. The molecule has 0 N–H and O–H groups in total. The van der Waals surface area contributed by atoms with Gasteiger partial charge in [0.1, 0.15) is 12.4 Å². The predicted octanol–water partition coefficient (Wildman–Crippen LogP) is -0.758. The molecule has 0 heterocycles. The van der Waals surface area contributed by atoms with E-state index in [1.807, 2.05) is 18.2 Å². The summed E-state index contributed by atoms with van der Waals surface area (Å²) in [6.07, 6.45) is 0. The third-order valence-corrected chi connectivity index (χ3v) is 2.28. The zero-order valence-corrected chi connectivity index (χ0v) is 9.72. The molecule has 0 aromatic heterocycles. The van der Waals surface area contributed by atoms with Crippen LogP contribution in [0.5, 0.6) is 5.75 Å².